The molecule has 5 heteroatoms. The van der Waals surface area contributed by atoms with Crippen LogP contribution in [0.4, 0.5) is 11.4 Å². The normalized spacial score (nSPS) is 11.3. The lowest BCUT2D eigenvalue weighted by Crippen LogP contribution is -2.13. The molecule has 31 heavy (non-hydrogen) atoms. The predicted molar refractivity (Wildman–Crippen MR) is 129 cm³/mol. The first-order valence-corrected chi connectivity index (χ1v) is 11.5. The van der Waals surface area contributed by atoms with Gasteiger partial charge in [-0.15, -0.1) is 0 Å². The van der Waals surface area contributed by atoms with Gasteiger partial charge in [-0.25, -0.2) is 8.42 Å². The highest BCUT2D eigenvalue weighted by molar-refractivity contribution is 7.92. The van der Waals surface area contributed by atoms with Gasteiger partial charge in [-0.1, -0.05) is 73.3 Å². The molecule has 0 saturated carbocycles. The average molecular weight is 429 g/mol. The summed E-state index contributed by atoms with van der Waals surface area (Å²) in [6, 6.07) is 28.5. The first-order valence-electron chi connectivity index (χ1n) is 10.0. The van der Waals surface area contributed by atoms with Crippen LogP contribution in [0.5, 0.6) is 0 Å². The van der Waals surface area contributed by atoms with Crippen molar-refractivity contribution in [3.05, 3.63) is 114 Å². The summed E-state index contributed by atoms with van der Waals surface area (Å²) in [5.41, 5.74) is 4.13. The number of nitrogens with one attached hydrogen (secondary N) is 2. The van der Waals surface area contributed by atoms with Crippen LogP contribution < -0.4 is 10.0 Å². The van der Waals surface area contributed by atoms with E-state index in [0.29, 0.717) is 12.1 Å². The maximum atomic E-state index is 12.8. The number of para-hydroxylation sites is 1. The molecule has 0 radical (unpaired) electrons. The van der Waals surface area contributed by atoms with Crippen molar-refractivity contribution in [2.45, 2.75) is 18.2 Å². The zero-order valence-electron chi connectivity index (χ0n) is 17.3. The highest BCUT2D eigenvalue weighted by atomic mass is 32.2. The molecular formula is C26H24N2O2S. The predicted octanol–water partition coefficient (Wildman–Crippen LogP) is 6.12. The number of sulfonamides is 1. The van der Waals surface area contributed by atoms with Crippen LogP contribution in [0.15, 0.2) is 108 Å². The Kier molecular flexibility index (Phi) is 5.78. The van der Waals surface area contributed by atoms with Gasteiger partial charge in [-0.3, -0.25) is 4.72 Å². The van der Waals surface area contributed by atoms with Crippen LogP contribution >= 0.6 is 0 Å². The van der Waals surface area contributed by atoms with E-state index < -0.39 is 10.0 Å². The second-order valence-electron chi connectivity index (χ2n) is 7.54. The van der Waals surface area contributed by atoms with Gasteiger partial charge in [-0.2, -0.15) is 0 Å². The fraction of sp³-hybridized carbons (Fsp3) is 0.0769. The van der Waals surface area contributed by atoms with Crippen molar-refractivity contribution < 1.29 is 8.42 Å². The van der Waals surface area contributed by atoms with E-state index in [9.17, 15) is 8.42 Å². The molecule has 0 heterocycles. The average Bonchev–Trinajstić information content (AvgIpc) is 2.75. The van der Waals surface area contributed by atoms with Gasteiger partial charge in [0.1, 0.15) is 0 Å². The van der Waals surface area contributed by atoms with Crippen molar-refractivity contribution >= 4 is 32.2 Å². The Morgan fingerprint density at radius 1 is 0.839 bits per heavy atom. The number of fused-ring (bicyclic) bond motifs is 1. The van der Waals surface area contributed by atoms with E-state index in [1.54, 1.807) is 42.5 Å². The lowest BCUT2D eigenvalue weighted by molar-refractivity contribution is 0.601. The lowest BCUT2D eigenvalue weighted by Gasteiger charge is -2.15. The number of anilines is 2. The number of allylic oxidation sites excluding steroid dienone is 1. The van der Waals surface area contributed by atoms with Crippen molar-refractivity contribution in [3.8, 4) is 0 Å². The molecule has 0 spiro atoms. The first-order chi connectivity index (χ1) is 14.9. The fourth-order valence-electron chi connectivity index (χ4n) is 3.45. The smallest absolute Gasteiger partial charge is 0.261 e. The maximum absolute atomic E-state index is 12.8. The molecule has 0 unspecified atom stereocenters. The Morgan fingerprint density at radius 2 is 1.55 bits per heavy atom. The van der Waals surface area contributed by atoms with E-state index in [1.165, 1.54) is 10.8 Å². The second kappa shape index (κ2) is 8.66. The molecule has 4 rings (SSSR count). The third-order valence-corrected chi connectivity index (χ3v) is 6.47. The number of rotatable bonds is 7. The summed E-state index contributed by atoms with van der Waals surface area (Å²) < 4.78 is 28.2. The van der Waals surface area contributed by atoms with Crippen molar-refractivity contribution in [1.29, 1.82) is 0 Å². The largest absolute Gasteiger partial charge is 0.359 e. The van der Waals surface area contributed by atoms with Crippen LogP contribution in [-0.2, 0) is 16.4 Å². The van der Waals surface area contributed by atoms with E-state index in [4.69, 9.17) is 0 Å². The summed E-state index contributed by atoms with van der Waals surface area (Å²) in [6.07, 6.45) is 0.642. The number of hydrogen-bond donors (Lipinski definition) is 2. The van der Waals surface area contributed by atoms with Crippen molar-refractivity contribution in [1.82, 2.24) is 0 Å². The van der Waals surface area contributed by atoms with Gasteiger partial charge in [-0.05, 0) is 53.1 Å². The molecule has 0 aliphatic rings. The highest BCUT2D eigenvalue weighted by Crippen LogP contribution is 2.24. The van der Waals surface area contributed by atoms with Crippen LogP contribution in [0.25, 0.3) is 10.8 Å². The topological polar surface area (TPSA) is 58.2 Å². The Morgan fingerprint density at radius 3 is 2.32 bits per heavy atom. The summed E-state index contributed by atoms with van der Waals surface area (Å²) in [4.78, 5) is 0.197. The van der Waals surface area contributed by atoms with Crippen LogP contribution in [0.3, 0.4) is 0 Å². The molecular weight excluding hydrogens is 404 g/mol. The molecule has 0 saturated heterocycles. The van der Waals surface area contributed by atoms with E-state index in [0.717, 1.165) is 22.5 Å². The van der Waals surface area contributed by atoms with Crippen molar-refractivity contribution in [2.75, 3.05) is 10.0 Å². The fourth-order valence-corrected chi connectivity index (χ4v) is 4.54. The van der Waals surface area contributed by atoms with Gasteiger partial charge in [0, 0.05) is 23.5 Å². The third-order valence-electron chi connectivity index (χ3n) is 5.09. The van der Waals surface area contributed by atoms with Gasteiger partial charge >= 0.3 is 0 Å². The molecule has 0 amide bonds. The summed E-state index contributed by atoms with van der Waals surface area (Å²) in [5, 5.41) is 5.68. The molecule has 0 aromatic heterocycles. The minimum Gasteiger partial charge on any atom is -0.359 e. The Hall–Kier alpha value is -3.57. The van der Waals surface area contributed by atoms with Crippen molar-refractivity contribution in [3.63, 3.8) is 0 Å². The summed E-state index contributed by atoms with van der Waals surface area (Å²) in [5.74, 6) is 0. The minimum atomic E-state index is -3.69. The molecule has 0 bridgehead atoms. The monoisotopic (exact) mass is 428 g/mol. The third kappa shape index (κ3) is 4.95. The Labute approximate surface area is 183 Å². The molecule has 156 valence electrons. The quantitative estimate of drug-likeness (QED) is 0.373. The summed E-state index contributed by atoms with van der Waals surface area (Å²) in [7, 11) is -3.69. The molecule has 4 aromatic carbocycles. The Balaban J connectivity index is 1.52. The highest BCUT2D eigenvalue weighted by Gasteiger charge is 2.16. The summed E-state index contributed by atoms with van der Waals surface area (Å²) >= 11 is 0. The van der Waals surface area contributed by atoms with E-state index in [1.807, 2.05) is 25.1 Å². The molecule has 0 fully saturated rings. The molecule has 0 aliphatic carbocycles. The van der Waals surface area contributed by atoms with Crippen LogP contribution in [0.1, 0.15) is 11.1 Å². The van der Waals surface area contributed by atoms with Gasteiger partial charge < -0.3 is 5.32 Å². The minimum absolute atomic E-state index is 0.197. The maximum Gasteiger partial charge on any atom is 0.261 e. The van der Waals surface area contributed by atoms with Crippen LogP contribution in [0, 0.1) is 6.92 Å². The zero-order chi connectivity index (χ0) is 21.8. The van der Waals surface area contributed by atoms with Gasteiger partial charge in [0.15, 0.2) is 0 Å². The second-order valence-corrected chi connectivity index (χ2v) is 9.22. The number of benzene rings is 4. The van der Waals surface area contributed by atoms with Gasteiger partial charge in [0.05, 0.1) is 4.90 Å². The standard InChI is InChI=1S/C26H24N2O2S/c1-19-12-15-25(31(29,30)28-24-10-4-3-5-11-24)18-26(19)27-20(2)16-21-13-14-22-8-6-7-9-23(22)17-21/h3-15,17-18,27-28H,2,16H2,1H3. The molecule has 4 nitrogen and oxygen atoms in total. The zero-order valence-corrected chi connectivity index (χ0v) is 18.1. The number of aryl methyl sites for hydroxylation is 1. The van der Waals surface area contributed by atoms with Crippen LogP contribution in [0.2, 0.25) is 0 Å². The molecule has 0 atom stereocenters. The van der Waals surface area contributed by atoms with Gasteiger partial charge in [0.2, 0.25) is 0 Å². The van der Waals surface area contributed by atoms with Crippen molar-refractivity contribution in [2.24, 2.45) is 0 Å². The SMILES string of the molecule is C=C(Cc1ccc2ccccc2c1)Nc1cc(S(=O)(=O)Nc2ccccc2)ccc1C. The lowest BCUT2D eigenvalue weighted by atomic mass is 10.0. The summed E-state index contributed by atoms with van der Waals surface area (Å²) in [6.45, 7) is 6.09. The van der Waals surface area contributed by atoms with Gasteiger partial charge in [0.25, 0.3) is 10.0 Å². The van der Waals surface area contributed by atoms with E-state index in [-0.39, 0.29) is 4.90 Å². The number of hydrogen-bond acceptors (Lipinski definition) is 3. The molecule has 0 aliphatic heterocycles. The van der Waals surface area contributed by atoms with Crippen LogP contribution in [-0.4, -0.2) is 8.42 Å². The van der Waals surface area contributed by atoms with E-state index in [2.05, 4.69) is 46.9 Å². The Bertz CT molecular complexity index is 1350. The van der Waals surface area contributed by atoms with E-state index >= 15 is 0 Å². The first kappa shape index (κ1) is 20.7. The molecule has 2 N–H and O–H groups in total. The molecule has 4 aromatic rings.